The average Bonchev–Trinajstić information content (AvgIpc) is 1.68. The summed E-state index contributed by atoms with van der Waals surface area (Å²) in [4.78, 5) is 4.28. The highest BCUT2D eigenvalue weighted by Crippen LogP contribution is 1.98. The third-order valence-corrected chi connectivity index (χ3v) is 2.75. The van der Waals surface area contributed by atoms with E-state index in [4.69, 9.17) is 0 Å². The number of hydrogen-bond donors (Lipinski definition) is 0. The molecule has 4 heteroatoms. The van der Waals surface area contributed by atoms with Crippen LogP contribution in [0.5, 0.6) is 0 Å². The van der Waals surface area contributed by atoms with Crippen LogP contribution in [0.25, 0.3) is 0 Å². The third-order valence-electron chi connectivity index (χ3n) is 0.734. The van der Waals surface area contributed by atoms with E-state index in [1.165, 1.54) is 30.9 Å². The molecule has 0 saturated heterocycles. The fourth-order valence-electron chi connectivity index (χ4n) is 0.477. The van der Waals surface area contributed by atoms with Crippen LogP contribution in [0.1, 0.15) is 6.92 Å². The first-order valence-corrected chi connectivity index (χ1v) is 6.76. The van der Waals surface area contributed by atoms with Crippen molar-refractivity contribution in [2.45, 2.75) is 6.92 Å². The van der Waals surface area contributed by atoms with Crippen molar-refractivity contribution in [3.05, 3.63) is 0 Å². The maximum absolute atomic E-state index is 4.28. The Balaban J connectivity index is 3.29. The van der Waals surface area contributed by atoms with Gasteiger partial charge in [0.2, 0.25) is 0 Å². The predicted molar refractivity (Wildman–Crippen MR) is 50.3 cm³/mol. The van der Waals surface area contributed by atoms with Gasteiger partial charge in [-0.2, -0.15) is 0 Å². The van der Waals surface area contributed by atoms with Gasteiger partial charge in [-0.05, 0) is 12.3 Å². The van der Waals surface area contributed by atoms with E-state index in [0.717, 1.165) is 6.17 Å². The third kappa shape index (κ3) is 4.61. The fourth-order valence-corrected chi connectivity index (χ4v) is 3.07. The molecule has 0 spiro atoms. The number of thioether (sulfide) groups is 1. The van der Waals surface area contributed by atoms with Gasteiger partial charge in [-0.3, -0.25) is 4.99 Å². The second kappa shape index (κ2) is 5.59. The van der Waals surface area contributed by atoms with Gasteiger partial charge < -0.3 is 0 Å². The molecule has 0 bridgehead atoms. The second-order valence-corrected chi connectivity index (χ2v) is 5.25. The van der Waals surface area contributed by atoms with Crippen LogP contribution < -0.4 is 0 Å². The molecule has 0 rings (SSSR count). The van der Waals surface area contributed by atoms with Crippen LogP contribution >= 0.6 is 11.8 Å². The summed E-state index contributed by atoms with van der Waals surface area (Å²) in [6, 6.07) is 0. The molecule has 48 valence electrons. The van der Waals surface area contributed by atoms with Gasteiger partial charge in [0, 0.05) is 26.7 Å². The lowest BCUT2D eigenvalue weighted by Crippen LogP contribution is -1.88. The van der Waals surface area contributed by atoms with E-state index in [2.05, 4.69) is 11.9 Å². The van der Waals surface area contributed by atoms with E-state index in [9.17, 15) is 0 Å². The van der Waals surface area contributed by atoms with Crippen molar-refractivity contribution >= 4 is 37.3 Å². The van der Waals surface area contributed by atoms with Gasteiger partial charge in [0.25, 0.3) is 0 Å². The first-order valence-electron chi connectivity index (χ1n) is 2.95. The predicted octanol–water partition coefficient (Wildman–Crippen LogP) is -1.22. The molecule has 0 aromatic rings. The zero-order valence-electron chi connectivity index (χ0n) is 5.77. The Morgan fingerprint density at radius 3 is 2.62 bits per heavy atom. The summed E-state index contributed by atoms with van der Waals surface area (Å²) in [6.07, 6.45) is 1.07. The smallest absolute Gasteiger partial charge is 0.0637 e. The van der Waals surface area contributed by atoms with Crippen LogP contribution in [0.2, 0.25) is 0 Å². The molecule has 0 atom stereocenters. The highest BCUT2D eigenvalue weighted by atomic mass is 32.2. The first-order chi connectivity index (χ1) is 3.81. The van der Waals surface area contributed by atoms with Crippen LogP contribution in [0, 0.1) is 0 Å². The Morgan fingerprint density at radius 2 is 2.25 bits per heavy atom. The summed E-state index contributed by atoms with van der Waals surface area (Å²) in [5.74, 6) is 0. The molecule has 0 aliphatic rings. The molecule has 0 aromatic carbocycles. The van der Waals surface area contributed by atoms with Crippen molar-refractivity contribution in [2.75, 3.05) is 11.5 Å². The molecule has 0 fully saturated rings. The fraction of sp³-hybridized carbons (Fsp3) is 0.750. The molecular formula is C4H13NSSi2. The second-order valence-electron chi connectivity index (χ2n) is 1.43. The van der Waals surface area contributed by atoms with Gasteiger partial charge in [-0.15, -0.1) is 11.8 Å². The summed E-state index contributed by atoms with van der Waals surface area (Å²) < 4.78 is 0. The monoisotopic (exact) mass is 163 g/mol. The molecular weight excluding hydrogens is 150 g/mol. The Labute approximate surface area is 61.2 Å². The summed E-state index contributed by atoms with van der Waals surface area (Å²) >= 11 is 1.89. The van der Waals surface area contributed by atoms with Crippen LogP contribution in [-0.2, 0) is 0 Å². The van der Waals surface area contributed by atoms with Crippen LogP contribution in [0.15, 0.2) is 4.99 Å². The molecule has 0 aromatic heterocycles. The Hall–Kier alpha value is 0.454. The van der Waals surface area contributed by atoms with Crippen LogP contribution in [-0.4, -0.2) is 37.1 Å². The molecule has 0 heterocycles. The number of nitrogens with zero attached hydrogens (tertiary/aromatic N) is 1. The van der Waals surface area contributed by atoms with Crippen LogP contribution in [0.4, 0.5) is 0 Å². The minimum atomic E-state index is 1.07. The molecule has 8 heavy (non-hydrogen) atoms. The van der Waals surface area contributed by atoms with E-state index >= 15 is 0 Å². The minimum absolute atomic E-state index is 1.07. The quantitative estimate of drug-likeness (QED) is 0.283. The van der Waals surface area contributed by atoms with Gasteiger partial charge in [0.15, 0.2) is 0 Å². The molecule has 1 nitrogen and oxygen atoms in total. The van der Waals surface area contributed by atoms with Crippen molar-refractivity contribution in [1.82, 2.24) is 0 Å². The van der Waals surface area contributed by atoms with Crippen molar-refractivity contribution in [3.8, 4) is 0 Å². The van der Waals surface area contributed by atoms with Gasteiger partial charge >= 0.3 is 0 Å². The van der Waals surface area contributed by atoms with E-state index in [1.54, 1.807) is 0 Å². The van der Waals surface area contributed by atoms with Crippen molar-refractivity contribution < 1.29 is 0 Å². The lowest BCUT2D eigenvalue weighted by molar-refractivity contribution is 1.37. The standard InChI is InChI=1S/C4H13NSSi2/c1-4(5-2-7)6-3-8/h2-3H2,1,7-8H3. The molecule has 0 N–H and O–H groups in total. The lowest BCUT2D eigenvalue weighted by atomic mass is 10.9. The molecule has 0 radical (unpaired) electrons. The van der Waals surface area contributed by atoms with Gasteiger partial charge in [0.05, 0.1) is 5.04 Å². The summed E-state index contributed by atoms with van der Waals surface area (Å²) in [5, 5.41) is 2.56. The van der Waals surface area contributed by atoms with Crippen molar-refractivity contribution in [3.63, 3.8) is 0 Å². The van der Waals surface area contributed by atoms with E-state index in [-0.39, 0.29) is 0 Å². The first kappa shape index (κ1) is 8.45. The highest BCUT2D eigenvalue weighted by molar-refractivity contribution is 8.14. The number of aliphatic imine (C=N–C) groups is 1. The zero-order valence-corrected chi connectivity index (χ0v) is 10.6. The molecule has 0 saturated carbocycles. The summed E-state index contributed by atoms with van der Waals surface area (Å²) in [7, 11) is 2.49. The average molecular weight is 163 g/mol. The van der Waals surface area contributed by atoms with E-state index in [0.29, 0.717) is 0 Å². The molecule has 0 aliphatic carbocycles. The molecule has 0 unspecified atom stereocenters. The van der Waals surface area contributed by atoms with E-state index in [1.807, 2.05) is 11.8 Å². The van der Waals surface area contributed by atoms with Gasteiger partial charge in [0.1, 0.15) is 0 Å². The topological polar surface area (TPSA) is 12.4 Å². The maximum atomic E-state index is 4.28. The number of rotatable bonds is 2. The Morgan fingerprint density at radius 1 is 1.62 bits per heavy atom. The van der Waals surface area contributed by atoms with Gasteiger partial charge in [-0.1, -0.05) is 0 Å². The van der Waals surface area contributed by atoms with Crippen molar-refractivity contribution in [2.24, 2.45) is 4.99 Å². The molecule has 0 amide bonds. The van der Waals surface area contributed by atoms with Gasteiger partial charge in [-0.25, -0.2) is 0 Å². The SMILES string of the molecule is CC(=NC[SiH3])SC[SiH3]. The van der Waals surface area contributed by atoms with Crippen molar-refractivity contribution in [1.29, 1.82) is 0 Å². The highest BCUT2D eigenvalue weighted by Gasteiger charge is 1.84. The largest absolute Gasteiger partial charge is 0.288 e. The summed E-state index contributed by atoms with van der Waals surface area (Å²) in [6.45, 7) is 2.10. The van der Waals surface area contributed by atoms with Crippen LogP contribution in [0.3, 0.4) is 0 Å². The maximum Gasteiger partial charge on any atom is 0.0637 e. The normalized spacial score (nSPS) is 12.9. The summed E-state index contributed by atoms with van der Waals surface area (Å²) in [5.41, 5.74) is 0. The lowest BCUT2D eigenvalue weighted by Gasteiger charge is -1.92. The minimum Gasteiger partial charge on any atom is -0.288 e. The Bertz CT molecular complexity index is 84.1. The zero-order chi connectivity index (χ0) is 6.41. The number of hydrogen-bond acceptors (Lipinski definition) is 2. The Kier molecular flexibility index (Phi) is 5.90. The molecule has 0 aliphatic heterocycles. The van der Waals surface area contributed by atoms with E-state index < -0.39 is 0 Å².